The molecule has 0 spiro atoms. The molecule has 0 aromatic heterocycles. The molecule has 0 saturated heterocycles. The van der Waals surface area contributed by atoms with Gasteiger partial charge in [0.15, 0.2) is 0 Å². The SMILES string of the molecule is CC1=CC(NC=O)C=C1C. The maximum atomic E-state index is 10.0. The fourth-order valence-corrected chi connectivity index (χ4v) is 1.02. The van der Waals surface area contributed by atoms with Gasteiger partial charge in [0, 0.05) is 0 Å². The summed E-state index contributed by atoms with van der Waals surface area (Å²) < 4.78 is 0. The largest absolute Gasteiger partial charge is 0.349 e. The Morgan fingerprint density at radius 2 is 1.90 bits per heavy atom. The van der Waals surface area contributed by atoms with Crippen molar-refractivity contribution in [3.63, 3.8) is 0 Å². The standard InChI is InChI=1S/C8H11NO/c1-6-3-8(9-5-10)4-7(6)2/h3-5,8H,1-2H3,(H,9,10). The van der Waals surface area contributed by atoms with Crippen LogP contribution < -0.4 is 5.32 Å². The topological polar surface area (TPSA) is 29.1 Å². The van der Waals surface area contributed by atoms with Crippen molar-refractivity contribution in [1.29, 1.82) is 0 Å². The second kappa shape index (κ2) is 2.69. The zero-order valence-electron chi connectivity index (χ0n) is 6.22. The second-order valence-corrected chi connectivity index (χ2v) is 2.51. The monoisotopic (exact) mass is 137 g/mol. The molecule has 1 aliphatic carbocycles. The van der Waals surface area contributed by atoms with Gasteiger partial charge in [-0.25, -0.2) is 0 Å². The molecular formula is C8H11NO. The second-order valence-electron chi connectivity index (χ2n) is 2.51. The molecule has 0 radical (unpaired) electrons. The van der Waals surface area contributed by atoms with Gasteiger partial charge in [-0.05, 0) is 13.8 Å². The highest BCUT2D eigenvalue weighted by Crippen LogP contribution is 2.16. The Hall–Kier alpha value is -1.05. The van der Waals surface area contributed by atoms with Crippen molar-refractivity contribution in [2.45, 2.75) is 19.9 Å². The lowest BCUT2D eigenvalue weighted by Gasteiger charge is -1.99. The van der Waals surface area contributed by atoms with Gasteiger partial charge in [0.25, 0.3) is 0 Å². The fourth-order valence-electron chi connectivity index (χ4n) is 1.02. The summed E-state index contributed by atoms with van der Waals surface area (Å²) in [6.45, 7) is 4.08. The Morgan fingerprint density at radius 1 is 1.40 bits per heavy atom. The molecule has 1 amide bonds. The molecule has 10 heavy (non-hydrogen) atoms. The summed E-state index contributed by atoms with van der Waals surface area (Å²) in [6.07, 6.45) is 4.79. The van der Waals surface area contributed by atoms with Gasteiger partial charge >= 0.3 is 0 Å². The summed E-state index contributed by atoms with van der Waals surface area (Å²) in [7, 11) is 0. The summed E-state index contributed by atoms with van der Waals surface area (Å²) in [5.74, 6) is 0. The molecule has 0 aliphatic heterocycles. The normalized spacial score (nSPS) is 18.2. The minimum absolute atomic E-state index is 0.123. The molecule has 0 fully saturated rings. The van der Waals surface area contributed by atoms with Crippen molar-refractivity contribution in [3.8, 4) is 0 Å². The van der Waals surface area contributed by atoms with Gasteiger partial charge in [-0.1, -0.05) is 23.3 Å². The van der Waals surface area contributed by atoms with Gasteiger partial charge in [-0.15, -0.1) is 0 Å². The third-order valence-corrected chi connectivity index (χ3v) is 1.74. The maximum Gasteiger partial charge on any atom is 0.207 e. The van der Waals surface area contributed by atoms with E-state index >= 15 is 0 Å². The molecule has 0 bridgehead atoms. The van der Waals surface area contributed by atoms with Crippen molar-refractivity contribution < 1.29 is 4.79 Å². The van der Waals surface area contributed by atoms with E-state index in [2.05, 4.69) is 5.32 Å². The van der Waals surface area contributed by atoms with E-state index in [9.17, 15) is 4.79 Å². The predicted octanol–water partition coefficient (Wildman–Crippen LogP) is 1.01. The van der Waals surface area contributed by atoms with E-state index in [0.717, 1.165) is 6.41 Å². The predicted molar refractivity (Wildman–Crippen MR) is 40.5 cm³/mol. The first-order chi connectivity index (χ1) is 4.74. The van der Waals surface area contributed by atoms with Crippen LogP contribution in [0.5, 0.6) is 0 Å². The van der Waals surface area contributed by atoms with Crippen LogP contribution in [0.3, 0.4) is 0 Å². The van der Waals surface area contributed by atoms with Crippen LogP contribution in [0.25, 0.3) is 0 Å². The molecule has 0 aromatic rings. The number of nitrogens with one attached hydrogen (secondary N) is 1. The van der Waals surface area contributed by atoms with Crippen LogP contribution in [-0.2, 0) is 4.79 Å². The fraction of sp³-hybridized carbons (Fsp3) is 0.375. The number of hydrogen-bond acceptors (Lipinski definition) is 1. The maximum absolute atomic E-state index is 10.0. The van der Waals surface area contributed by atoms with Crippen molar-refractivity contribution >= 4 is 6.41 Å². The molecule has 1 aliphatic rings. The zero-order chi connectivity index (χ0) is 7.56. The first-order valence-electron chi connectivity index (χ1n) is 3.31. The third kappa shape index (κ3) is 1.26. The average molecular weight is 137 g/mol. The highest BCUT2D eigenvalue weighted by Gasteiger charge is 2.08. The highest BCUT2D eigenvalue weighted by atomic mass is 16.1. The van der Waals surface area contributed by atoms with Crippen LogP contribution in [0.15, 0.2) is 23.3 Å². The van der Waals surface area contributed by atoms with E-state index in [-0.39, 0.29) is 6.04 Å². The smallest absolute Gasteiger partial charge is 0.207 e. The number of hydrogen-bond donors (Lipinski definition) is 1. The molecule has 2 heteroatoms. The summed E-state index contributed by atoms with van der Waals surface area (Å²) in [5.41, 5.74) is 2.50. The average Bonchev–Trinajstić information content (AvgIpc) is 2.14. The lowest BCUT2D eigenvalue weighted by Crippen LogP contribution is -2.21. The number of carbonyl (C=O) groups excluding carboxylic acids is 1. The lowest BCUT2D eigenvalue weighted by atomic mass is 10.2. The zero-order valence-corrected chi connectivity index (χ0v) is 6.22. The van der Waals surface area contributed by atoms with Gasteiger partial charge in [0.2, 0.25) is 6.41 Å². The van der Waals surface area contributed by atoms with E-state index in [1.54, 1.807) is 0 Å². The van der Waals surface area contributed by atoms with Crippen LogP contribution in [-0.4, -0.2) is 12.5 Å². The number of carbonyl (C=O) groups is 1. The van der Waals surface area contributed by atoms with Crippen LogP contribution in [0.2, 0.25) is 0 Å². The molecule has 0 atom stereocenters. The van der Waals surface area contributed by atoms with Crippen molar-refractivity contribution in [2.24, 2.45) is 0 Å². The summed E-state index contributed by atoms with van der Waals surface area (Å²) in [5, 5.41) is 2.67. The first kappa shape index (κ1) is 7.06. The number of amides is 1. The molecule has 2 nitrogen and oxygen atoms in total. The van der Waals surface area contributed by atoms with Crippen molar-refractivity contribution in [3.05, 3.63) is 23.3 Å². The van der Waals surface area contributed by atoms with Gasteiger partial charge in [-0.2, -0.15) is 0 Å². The molecular weight excluding hydrogens is 126 g/mol. The Kier molecular flexibility index (Phi) is 1.90. The van der Waals surface area contributed by atoms with Gasteiger partial charge in [0.1, 0.15) is 0 Å². The van der Waals surface area contributed by atoms with E-state index in [4.69, 9.17) is 0 Å². The van der Waals surface area contributed by atoms with Crippen LogP contribution in [0.4, 0.5) is 0 Å². The molecule has 0 aromatic carbocycles. The molecule has 1 rings (SSSR count). The van der Waals surface area contributed by atoms with Crippen molar-refractivity contribution in [1.82, 2.24) is 5.32 Å². The Labute approximate surface area is 60.6 Å². The Morgan fingerprint density at radius 3 is 2.30 bits per heavy atom. The number of rotatable bonds is 2. The molecule has 0 unspecified atom stereocenters. The van der Waals surface area contributed by atoms with Crippen LogP contribution in [0, 0.1) is 0 Å². The van der Waals surface area contributed by atoms with Gasteiger partial charge < -0.3 is 5.32 Å². The first-order valence-corrected chi connectivity index (χ1v) is 3.31. The quantitative estimate of drug-likeness (QED) is 0.565. The molecule has 1 N–H and O–H groups in total. The number of allylic oxidation sites excluding steroid dienone is 2. The van der Waals surface area contributed by atoms with E-state index in [1.807, 2.05) is 26.0 Å². The highest BCUT2D eigenvalue weighted by molar-refractivity contribution is 5.51. The minimum atomic E-state index is 0.123. The Bertz CT molecular complexity index is 185. The van der Waals surface area contributed by atoms with Gasteiger partial charge in [0.05, 0.1) is 6.04 Å². The van der Waals surface area contributed by atoms with Crippen molar-refractivity contribution in [2.75, 3.05) is 0 Å². The summed E-state index contributed by atoms with van der Waals surface area (Å²) in [4.78, 5) is 10.0. The Balaban J connectivity index is 2.63. The third-order valence-electron chi connectivity index (χ3n) is 1.74. The van der Waals surface area contributed by atoms with E-state index in [0.29, 0.717) is 0 Å². The summed E-state index contributed by atoms with van der Waals surface area (Å²) >= 11 is 0. The van der Waals surface area contributed by atoms with Crippen LogP contribution >= 0.6 is 0 Å². The van der Waals surface area contributed by atoms with Crippen LogP contribution in [0.1, 0.15) is 13.8 Å². The van der Waals surface area contributed by atoms with E-state index < -0.39 is 0 Å². The molecule has 0 heterocycles. The minimum Gasteiger partial charge on any atom is -0.349 e. The van der Waals surface area contributed by atoms with E-state index in [1.165, 1.54) is 11.1 Å². The molecule has 0 saturated carbocycles. The molecule has 54 valence electrons. The summed E-state index contributed by atoms with van der Waals surface area (Å²) in [6, 6.07) is 0.123. The van der Waals surface area contributed by atoms with Gasteiger partial charge in [-0.3, -0.25) is 4.79 Å². The lowest BCUT2D eigenvalue weighted by molar-refractivity contribution is -0.109.